The average Bonchev–Trinajstić information content (AvgIpc) is 2.74. The van der Waals surface area contributed by atoms with Crippen molar-refractivity contribution in [2.75, 3.05) is 42.9 Å². The molecule has 0 spiro atoms. The molecule has 1 N–H and O–H groups in total. The molecule has 1 fully saturated rings. The molecule has 0 unspecified atom stereocenters. The van der Waals surface area contributed by atoms with Gasteiger partial charge in [0.05, 0.1) is 11.2 Å². The van der Waals surface area contributed by atoms with E-state index in [0.717, 1.165) is 49.4 Å². The van der Waals surface area contributed by atoms with E-state index < -0.39 is 0 Å². The van der Waals surface area contributed by atoms with Gasteiger partial charge in [-0.25, -0.2) is 0 Å². The van der Waals surface area contributed by atoms with Crippen molar-refractivity contribution in [2.24, 2.45) is 0 Å². The van der Waals surface area contributed by atoms with Gasteiger partial charge in [0.15, 0.2) is 11.5 Å². The highest BCUT2D eigenvalue weighted by Gasteiger charge is 2.18. The molecule has 0 atom stereocenters. The van der Waals surface area contributed by atoms with Crippen molar-refractivity contribution in [3.05, 3.63) is 54.4 Å². The largest absolute Gasteiger partial charge is 0.353 e. The van der Waals surface area contributed by atoms with Crippen molar-refractivity contribution in [2.45, 2.75) is 6.92 Å². The van der Waals surface area contributed by atoms with E-state index in [0.29, 0.717) is 11.4 Å². The van der Waals surface area contributed by atoms with Crippen molar-refractivity contribution >= 4 is 28.3 Å². The van der Waals surface area contributed by atoms with Gasteiger partial charge in [0, 0.05) is 37.8 Å². The fraction of sp³-hybridized carbons (Fsp3) is 0.300. The second-order valence-corrected chi connectivity index (χ2v) is 6.53. The predicted octanol–water partition coefficient (Wildman–Crippen LogP) is 2.42. The Balaban J connectivity index is 1.46. The minimum atomic E-state index is -0.289. The zero-order chi connectivity index (χ0) is 18.6. The lowest BCUT2D eigenvalue weighted by atomic mass is 10.2. The molecule has 1 saturated heterocycles. The molecule has 7 nitrogen and oxygen atoms in total. The van der Waals surface area contributed by atoms with Crippen LogP contribution in [-0.2, 0) is 0 Å². The van der Waals surface area contributed by atoms with Crippen LogP contribution in [-0.4, -0.2) is 58.7 Å². The third-order valence-corrected chi connectivity index (χ3v) is 4.91. The van der Waals surface area contributed by atoms with Gasteiger partial charge in [-0.2, -0.15) is 0 Å². The summed E-state index contributed by atoms with van der Waals surface area (Å²) < 4.78 is 0. The van der Waals surface area contributed by atoms with Crippen LogP contribution in [0.4, 0.5) is 11.5 Å². The van der Waals surface area contributed by atoms with Crippen LogP contribution >= 0.6 is 0 Å². The number of amides is 1. The van der Waals surface area contributed by atoms with Gasteiger partial charge < -0.3 is 15.1 Å². The van der Waals surface area contributed by atoms with E-state index in [2.05, 4.69) is 37.2 Å². The Labute approximate surface area is 158 Å². The lowest BCUT2D eigenvalue weighted by molar-refractivity contribution is 0.102. The third-order valence-electron chi connectivity index (χ3n) is 4.91. The lowest BCUT2D eigenvalue weighted by Gasteiger charge is -2.34. The minimum Gasteiger partial charge on any atom is -0.353 e. The molecule has 2 aromatic heterocycles. The number of rotatable bonds is 4. The van der Waals surface area contributed by atoms with E-state index in [9.17, 15) is 4.79 Å². The molecular weight excluding hydrogens is 340 g/mol. The number of piperazine rings is 1. The maximum absolute atomic E-state index is 12.6. The molecule has 1 aliphatic rings. The Bertz CT molecular complexity index is 929. The van der Waals surface area contributed by atoms with Crippen LogP contribution < -0.4 is 10.2 Å². The Morgan fingerprint density at radius 3 is 2.59 bits per heavy atom. The first kappa shape index (κ1) is 17.4. The van der Waals surface area contributed by atoms with Crippen molar-refractivity contribution < 1.29 is 4.79 Å². The van der Waals surface area contributed by atoms with E-state index in [4.69, 9.17) is 0 Å². The molecule has 4 rings (SSSR count). The van der Waals surface area contributed by atoms with Crippen LogP contribution in [0.5, 0.6) is 0 Å². The molecular formula is C20H22N6O. The number of benzene rings is 1. The van der Waals surface area contributed by atoms with Crippen LogP contribution in [0.25, 0.3) is 10.9 Å². The smallest absolute Gasteiger partial charge is 0.276 e. The number of carbonyl (C=O) groups is 1. The molecule has 7 heteroatoms. The van der Waals surface area contributed by atoms with Gasteiger partial charge in [-0.3, -0.25) is 9.78 Å². The fourth-order valence-electron chi connectivity index (χ4n) is 3.30. The monoisotopic (exact) mass is 362 g/mol. The summed E-state index contributed by atoms with van der Waals surface area (Å²) in [5.41, 5.74) is 1.71. The summed E-state index contributed by atoms with van der Waals surface area (Å²) in [6.45, 7) is 7.14. The molecule has 0 aliphatic carbocycles. The average molecular weight is 362 g/mol. The van der Waals surface area contributed by atoms with E-state index in [-0.39, 0.29) is 5.91 Å². The Kier molecular flexibility index (Phi) is 4.93. The van der Waals surface area contributed by atoms with Crippen molar-refractivity contribution in [1.82, 2.24) is 20.1 Å². The molecule has 138 valence electrons. The van der Waals surface area contributed by atoms with Gasteiger partial charge >= 0.3 is 0 Å². The second-order valence-electron chi connectivity index (χ2n) is 6.53. The molecule has 0 radical (unpaired) electrons. The van der Waals surface area contributed by atoms with Crippen LogP contribution in [0.15, 0.2) is 48.7 Å². The number of anilines is 2. The first-order valence-corrected chi connectivity index (χ1v) is 9.21. The summed E-state index contributed by atoms with van der Waals surface area (Å²) in [7, 11) is 0. The lowest BCUT2D eigenvalue weighted by Crippen LogP contribution is -2.46. The second kappa shape index (κ2) is 7.67. The zero-order valence-electron chi connectivity index (χ0n) is 15.3. The Morgan fingerprint density at radius 1 is 1.04 bits per heavy atom. The van der Waals surface area contributed by atoms with E-state index in [1.807, 2.05) is 36.4 Å². The van der Waals surface area contributed by atoms with Gasteiger partial charge in [0.1, 0.15) is 0 Å². The van der Waals surface area contributed by atoms with E-state index in [1.54, 1.807) is 12.3 Å². The highest BCUT2D eigenvalue weighted by atomic mass is 16.1. The molecule has 3 aromatic rings. The van der Waals surface area contributed by atoms with E-state index >= 15 is 0 Å². The number of likely N-dealkylation sites (N-methyl/N-ethyl adjacent to an activating group) is 1. The Hall–Kier alpha value is -3.06. The molecule has 1 aromatic carbocycles. The number of fused-ring (bicyclic) bond motifs is 1. The van der Waals surface area contributed by atoms with Crippen LogP contribution in [0.2, 0.25) is 0 Å². The number of aromatic nitrogens is 3. The summed E-state index contributed by atoms with van der Waals surface area (Å²) in [6, 6.07) is 13.1. The molecule has 1 amide bonds. The summed E-state index contributed by atoms with van der Waals surface area (Å²) in [5.74, 6) is 0.525. The van der Waals surface area contributed by atoms with E-state index in [1.165, 1.54) is 0 Å². The molecule has 27 heavy (non-hydrogen) atoms. The summed E-state index contributed by atoms with van der Waals surface area (Å²) in [5, 5.41) is 12.3. The first-order valence-electron chi connectivity index (χ1n) is 9.21. The van der Waals surface area contributed by atoms with Gasteiger partial charge in [-0.15, -0.1) is 10.2 Å². The highest BCUT2D eigenvalue weighted by Crippen LogP contribution is 2.21. The topological polar surface area (TPSA) is 74.2 Å². The summed E-state index contributed by atoms with van der Waals surface area (Å²) in [6.07, 6.45) is 1.71. The number of hydrogen-bond acceptors (Lipinski definition) is 6. The minimum absolute atomic E-state index is 0.289. The third kappa shape index (κ3) is 3.73. The van der Waals surface area contributed by atoms with Gasteiger partial charge in [0.2, 0.25) is 0 Å². The number of para-hydroxylation sites is 1. The fourth-order valence-corrected chi connectivity index (χ4v) is 3.30. The normalized spacial score (nSPS) is 15.1. The Morgan fingerprint density at radius 2 is 1.85 bits per heavy atom. The number of nitrogens with zero attached hydrogens (tertiary/aromatic N) is 5. The maximum Gasteiger partial charge on any atom is 0.276 e. The van der Waals surface area contributed by atoms with Crippen molar-refractivity contribution in [3.8, 4) is 0 Å². The van der Waals surface area contributed by atoms with Crippen LogP contribution in [0, 0.1) is 0 Å². The van der Waals surface area contributed by atoms with Gasteiger partial charge in [0.25, 0.3) is 5.91 Å². The number of hydrogen-bond donors (Lipinski definition) is 1. The predicted molar refractivity (Wildman–Crippen MR) is 106 cm³/mol. The molecule has 1 aliphatic heterocycles. The van der Waals surface area contributed by atoms with Crippen LogP contribution in [0.1, 0.15) is 17.4 Å². The van der Waals surface area contributed by atoms with Crippen molar-refractivity contribution in [1.29, 1.82) is 0 Å². The first-order chi connectivity index (χ1) is 13.2. The highest BCUT2D eigenvalue weighted by molar-refractivity contribution is 6.07. The molecule has 0 bridgehead atoms. The van der Waals surface area contributed by atoms with Crippen molar-refractivity contribution in [3.63, 3.8) is 0 Å². The van der Waals surface area contributed by atoms with Gasteiger partial charge in [-0.1, -0.05) is 25.1 Å². The quantitative estimate of drug-likeness (QED) is 0.768. The molecule has 0 saturated carbocycles. The SMILES string of the molecule is CCN1CCN(c2ccc(C(=O)Nc3cccc4cccnc34)nn2)CC1. The number of nitrogens with one attached hydrogen (secondary N) is 1. The maximum atomic E-state index is 12.6. The van der Waals surface area contributed by atoms with Gasteiger partial charge in [-0.05, 0) is 30.8 Å². The molecule has 3 heterocycles. The summed E-state index contributed by atoms with van der Waals surface area (Å²) in [4.78, 5) is 21.5. The number of carbonyl (C=O) groups excluding carboxylic acids is 1. The number of pyridine rings is 1. The summed E-state index contributed by atoms with van der Waals surface area (Å²) >= 11 is 0. The van der Waals surface area contributed by atoms with Crippen LogP contribution in [0.3, 0.4) is 0 Å². The standard InChI is InChI=1S/C20H22N6O/c1-2-25-11-13-26(14-12-25)18-9-8-17(23-24-18)20(27)22-16-7-3-5-15-6-4-10-21-19(15)16/h3-10H,2,11-14H2,1H3,(H,22,27). The zero-order valence-corrected chi connectivity index (χ0v) is 15.3.